The van der Waals surface area contributed by atoms with Gasteiger partial charge in [0, 0.05) is 0 Å². The van der Waals surface area contributed by atoms with Crippen LogP contribution in [0.5, 0.6) is 0 Å². The van der Waals surface area contributed by atoms with E-state index in [0.29, 0.717) is 0 Å². The van der Waals surface area contributed by atoms with E-state index in [9.17, 15) is 0 Å². The van der Waals surface area contributed by atoms with Crippen LogP contribution < -0.4 is 0 Å². The van der Waals surface area contributed by atoms with E-state index >= 15 is 0 Å². The molecule has 1 aliphatic heterocycles. The van der Waals surface area contributed by atoms with E-state index in [-0.39, 0.29) is 5.25 Å². The number of allylic oxidation sites excluding steroid dienone is 1. The van der Waals surface area contributed by atoms with Gasteiger partial charge in [-0.15, -0.1) is 11.8 Å². The highest BCUT2D eigenvalue weighted by Gasteiger charge is 2.13. The van der Waals surface area contributed by atoms with E-state index in [4.69, 9.17) is 10.00 Å². The van der Waals surface area contributed by atoms with Gasteiger partial charge in [-0.25, -0.2) is 0 Å². The van der Waals surface area contributed by atoms with Crippen molar-refractivity contribution < 1.29 is 4.74 Å². The monoisotopic (exact) mass is 169 g/mol. The van der Waals surface area contributed by atoms with Gasteiger partial charge in [0.15, 0.2) is 0 Å². The maximum Gasteiger partial charge on any atom is 0.102 e. The molecule has 1 heterocycles. The van der Waals surface area contributed by atoms with Crippen LogP contribution in [0.15, 0.2) is 11.8 Å². The van der Waals surface area contributed by atoms with Gasteiger partial charge in [0.1, 0.15) is 5.76 Å². The first-order valence-electron chi connectivity index (χ1n) is 3.70. The summed E-state index contributed by atoms with van der Waals surface area (Å²) in [6, 6.07) is 2.23. The largest absolute Gasteiger partial charge is 0.498 e. The fraction of sp³-hybridized carbons (Fsp3) is 0.625. The van der Waals surface area contributed by atoms with Gasteiger partial charge in [-0.3, -0.25) is 0 Å². The zero-order valence-electron chi connectivity index (χ0n) is 6.54. The molecule has 0 saturated carbocycles. The molecule has 3 heteroatoms. The van der Waals surface area contributed by atoms with E-state index in [0.717, 1.165) is 24.5 Å². The Kier molecular flexibility index (Phi) is 3.31. The summed E-state index contributed by atoms with van der Waals surface area (Å²) in [4.78, 5) is 0. The molecule has 1 atom stereocenters. The molecule has 0 aromatic carbocycles. The van der Waals surface area contributed by atoms with E-state index < -0.39 is 0 Å². The van der Waals surface area contributed by atoms with Gasteiger partial charge in [-0.2, -0.15) is 5.26 Å². The Morgan fingerprint density at radius 2 is 2.73 bits per heavy atom. The van der Waals surface area contributed by atoms with Gasteiger partial charge in [-0.1, -0.05) is 0 Å². The second-order valence-electron chi connectivity index (χ2n) is 2.27. The number of thioether (sulfide) groups is 1. The average Bonchev–Trinajstić information content (AvgIpc) is 2.07. The molecule has 11 heavy (non-hydrogen) atoms. The third-order valence-corrected chi connectivity index (χ3v) is 2.61. The minimum Gasteiger partial charge on any atom is -0.498 e. The van der Waals surface area contributed by atoms with Crippen LogP contribution in [0, 0.1) is 11.3 Å². The molecule has 0 saturated heterocycles. The molecular formula is C8H11NOS. The molecule has 0 spiro atoms. The molecule has 0 aromatic rings. The number of ether oxygens (including phenoxy) is 1. The highest BCUT2D eigenvalue weighted by molar-refractivity contribution is 8.00. The fourth-order valence-electron chi connectivity index (χ4n) is 0.924. The van der Waals surface area contributed by atoms with Crippen LogP contribution in [0.1, 0.15) is 13.3 Å². The van der Waals surface area contributed by atoms with Crippen molar-refractivity contribution in [1.82, 2.24) is 0 Å². The smallest absolute Gasteiger partial charge is 0.102 e. The summed E-state index contributed by atoms with van der Waals surface area (Å²) < 4.78 is 5.31. The van der Waals surface area contributed by atoms with Crippen molar-refractivity contribution >= 4 is 11.8 Å². The zero-order chi connectivity index (χ0) is 8.10. The number of hydrogen-bond acceptors (Lipinski definition) is 3. The van der Waals surface area contributed by atoms with E-state index in [1.807, 2.05) is 13.0 Å². The van der Waals surface area contributed by atoms with Crippen LogP contribution in [0.25, 0.3) is 0 Å². The van der Waals surface area contributed by atoms with Crippen LogP contribution in [0.2, 0.25) is 0 Å². The quantitative estimate of drug-likeness (QED) is 0.633. The average molecular weight is 169 g/mol. The summed E-state index contributed by atoms with van der Waals surface area (Å²) in [5, 5.41) is 8.70. The number of nitrogens with zero attached hydrogens (tertiary/aromatic N) is 1. The summed E-state index contributed by atoms with van der Waals surface area (Å²) in [6.45, 7) is 2.70. The van der Waals surface area contributed by atoms with Gasteiger partial charge >= 0.3 is 0 Å². The highest BCUT2D eigenvalue weighted by Crippen LogP contribution is 2.24. The Balaban J connectivity index is 2.39. The van der Waals surface area contributed by atoms with Gasteiger partial charge < -0.3 is 4.74 Å². The molecule has 0 amide bonds. The normalized spacial score (nSPS) is 23.6. The van der Waals surface area contributed by atoms with Crippen molar-refractivity contribution in [3.05, 3.63) is 11.8 Å². The summed E-state index contributed by atoms with van der Waals surface area (Å²) >= 11 is 1.66. The van der Waals surface area contributed by atoms with Crippen molar-refractivity contribution in [2.75, 3.05) is 12.4 Å². The van der Waals surface area contributed by atoms with Crippen molar-refractivity contribution in [2.45, 2.75) is 18.6 Å². The Bertz CT molecular complexity index is 195. The summed E-state index contributed by atoms with van der Waals surface area (Å²) in [7, 11) is 0. The van der Waals surface area contributed by atoms with Crippen molar-refractivity contribution in [3.63, 3.8) is 0 Å². The van der Waals surface area contributed by atoms with E-state index in [1.54, 1.807) is 11.8 Å². The Morgan fingerprint density at radius 1 is 1.91 bits per heavy atom. The molecule has 1 unspecified atom stereocenters. The molecular weight excluding hydrogens is 158 g/mol. The van der Waals surface area contributed by atoms with Gasteiger partial charge in [0.25, 0.3) is 0 Å². The van der Waals surface area contributed by atoms with Crippen molar-refractivity contribution in [2.24, 2.45) is 0 Å². The topological polar surface area (TPSA) is 33.0 Å². The number of rotatable bonds is 2. The molecule has 0 aromatic heterocycles. The number of hydrogen-bond donors (Lipinski definition) is 0. The lowest BCUT2D eigenvalue weighted by molar-refractivity contribution is 0.231. The molecule has 0 fully saturated rings. The lowest BCUT2D eigenvalue weighted by atomic mass is 10.3. The molecule has 2 nitrogen and oxygen atoms in total. The molecule has 0 N–H and O–H groups in total. The first kappa shape index (κ1) is 8.48. The number of nitriles is 1. The van der Waals surface area contributed by atoms with E-state index in [1.165, 1.54) is 0 Å². The Hall–Kier alpha value is -0.620. The summed E-state index contributed by atoms with van der Waals surface area (Å²) in [5.41, 5.74) is 0. The second kappa shape index (κ2) is 4.30. The van der Waals surface area contributed by atoms with Crippen molar-refractivity contribution in [3.8, 4) is 6.07 Å². The van der Waals surface area contributed by atoms with Crippen LogP contribution in [0.3, 0.4) is 0 Å². The highest BCUT2D eigenvalue weighted by atomic mass is 32.2. The van der Waals surface area contributed by atoms with Crippen LogP contribution >= 0.6 is 11.8 Å². The predicted octanol–water partition coefficient (Wildman–Crippen LogP) is 1.94. The lowest BCUT2D eigenvalue weighted by Crippen LogP contribution is -2.08. The lowest BCUT2D eigenvalue weighted by Gasteiger charge is -2.15. The SMILES string of the molecule is CCOC1=CCC(C#N)SC1. The molecule has 60 valence electrons. The van der Waals surface area contributed by atoms with Crippen molar-refractivity contribution in [1.29, 1.82) is 5.26 Å². The van der Waals surface area contributed by atoms with Crippen LogP contribution in [-0.2, 0) is 4.74 Å². The molecule has 1 rings (SSSR count). The Morgan fingerprint density at radius 3 is 3.18 bits per heavy atom. The van der Waals surface area contributed by atoms with Gasteiger partial charge in [0.05, 0.1) is 23.7 Å². The molecule has 0 aliphatic carbocycles. The maximum atomic E-state index is 8.57. The predicted molar refractivity (Wildman–Crippen MR) is 46.2 cm³/mol. The molecule has 0 bridgehead atoms. The minimum atomic E-state index is 0.138. The Labute approximate surface area is 71.2 Å². The van der Waals surface area contributed by atoms with Gasteiger partial charge in [0.2, 0.25) is 0 Å². The first-order valence-corrected chi connectivity index (χ1v) is 4.74. The van der Waals surface area contributed by atoms with Crippen LogP contribution in [0.4, 0.5) is 0 Å². The second-order valence-corrected chi connectivity index (χ2v) is 3.46. The third-order valence-electron chi connectivity index (χ3n) is 1.46. The van der Waals surface area contributed by atoms with Crippen LogP contribution in [-0.4, -0.2) is 17.6 Å². The van der Waals surface area contributed by atoms with Gasteiger partial charge in [-0.05, 0) is 19.4 Å². The zero-order valence-corrected chi connectivity index (χ0v) is 7.36. The minimum absolute atomic E-state index is 0.138. The summed E-state index contributed by atoms with van der Waals surface area (Å²) in [6.07, 6.45) is 2.85. The maximum absolute atomic E-state index is 8.57. The van der Waals surface area contributed by atoms with E-state index in [2.05, 4.69) is 6.07 Å². The fourth-order valence-corrected chi connectivity index (χ4v) is 1.80. The molecule has 1 aliphatic rings. The molecule has 0 radical (unpaired) electrons. The first-order chi connectivity index (χ1) is 5.36. The summed E-state index contributed by atoms with van der Waals surface area (Å²) in [5.74, 6) is 1.88. The third kappa shape index (κ3) is 2.47. The standard InChI is InChI=1S/C8H11NOS/c1-2-10-7-3-4-8(5-9)11-6-7/h3,8H,2,4,6H2,1H3.